The van der Waals surface area contributed by atoms with E-state index in [1.165, 1.54) is 6.92 Å². The number of rotatable bonds is 1. The van der Waals surface area contributed by atoms with E-state index >= 15 is 0 Å². The molecule has 0 unspecified atom stereocenters. The summed E-state index contributed by atoms with van der Waals surface area (Å²) >= 11 is 0. The number of carbonyl (C=O) groups excluding carboxylic acids is 1. The van der Waals surface area contributed by atoms with Crippen LogP contribution in [0.3, 0.4) is 0 Å². The number of aryl methyl sites for hydroxylation is 2. The monoisotopic (exact) mass is 341 g/mol. The van der Waals surface area contributed by atoms with Crippen LogP contribution in [0.25, 0.3) is 0 Å². The van der Waals surface area contributed by atoms with Gasteiger partial charge in [0.1, 0.15) is 5.82 Å². The molecule has 7 heteroatoms. The normalized spacial score (nSPS) is 27.2. The molecule has 0 bridgehead atoms. The second-order valence-corrected chi connectivity index (χ2v) is 7.00. The SMILES string of the molecule is Cc1nc2c(c(C(F)(F)F)n1)C[C@H](C(=O)N1[C@H](C)CC[C@@H]1C)CC2. The van der Waals surface area contributed by atoms with E-state index in [9.17, 15) is 18.0 Å². The number of likely N-dealkylation sites (tertiary alicyclic amines) is 1. The van der Waals surface area contributed by atoms with Gasteiger partial charge in [-0.1, -0.05) is 0 Å². The zero-order valence-corrected chi connectivity index (χ0v) is 14.2. The molecule has 3 atom stereocenters. The summed E-state index contributed by atoms with van der Waals surface area (Å²) in [6.07, 6.45) is -1.58. The summed E-state index contributed by atoms with van der Waals surface area (Å²) < 4.78 is 40.0. The second-order valence-electron chi connectivity index (χ2n) is 7.00. The number of halogens is 3. The second kappa shape index (κ2) is 6.01. The van der Waals surface area contributed by atoms with Gasteiger partial charge in [0, 0.05) is 29.3 Å². The summed E-state index contributed by atoms with van der Waals surface area (Å²) in [6, 6.07) is 0.315. The van der Waals surface area contributed by atoms with Gasteiger partial charge in [-0.05, 0) is 52.9 Å². The van der Waals surface area contributed by atoms with E-state index in [2.05, 4.69) is 9.97 Å². The summed E-state index contributed by atoms with van der Waals surface area (Å²) in [6.45, 7) is 5.48. The molecular formula is C17H22F3N3O. The van der Waals surface area contributed by atoms with Crippen LogP contribution in [0.2, 0.25) is 0 Å². The van der Waals surface area contributed by atoms with Crippen molar-refractivity contribution in [3.05, 3.63) is 22.8 Å². The van der Waals surface area contributed by atoms with Crippen LogP contribution in [-0.4, -0.2) is 32.9 Å². The summed E-state index contributed by atoms with van der Waals surface area (Å²) in [5.41, 5.74) is -0.316. The van der Waals surface area contributed by atoms with E-state index in [1.807, 2.05) is 18.7 Å². The fraction of sp³-hybridized carbons (Fsp3) is 0.706. The minimum atomic E-state index is -4.52. The lowest BCUT2D eigenvalue weighted by atomic mass is 9.84. The van der Waals surface area contributed by atoms with Crippen molar-refractivity contribution in [3.8, 4) is 0 Å². The smallest absolute Gasteiger partial charge is 0.337 e. The van der Waals surface area contributed by atoms with Gasteiger partial charge < -0.3 is 4.90 Å². The van der Waals surface area contributed by atoms with Crippen LogP contribution in [0.5, 0.6) is 0 Å². The molecule has 1 aromatic heterocycles. The highest BCUT2D eigenvalue weighted by Gasteiger charge is 2.42. The highest BCUT2D eigenvalue weighted by Crippen LogP contribution is 2.37. The van der Waals surface area contributed by atoms with Crippen LogP contribution in [0, 0.1) is 12.8 Å². The van der Waals surface area contributed by atoms with Crippen molar-refractivity contribution in [3.63, 3.8) is 0 Å². The van der Waals surface area contributed by atoms with E-state index in [1.54, 1.807) is 0 Å². The summed E-state index contributed by atoms with van der Waals surface area (Å²) in [4.78, 5) is 22.5. The molecule has 24 heavy (non-hydrogen) atoms. The van der Waals surface area contributed by atoms with Crippen molar-refractivity contribution >= 4 is 5.91 Å². The van der Waals surface area contributed by atoms with Gasteiger partial charge >= 0.3 is 6.18 Å². The third kappa shape index (κ3) is 3.00. The first kappa shape index (κ1) is 17.2. The number of aromatic nitrogens is 2. The first-order valence-electron chi connectivity index (χ1n) is 8.44. The molecule has 0 saturated carbocycles. The Morgan fingerprint density at radius 2 is 1.75 bits per heavy atom. The van der Waals surface area contributed by atoms with Crippen molar-refractivity contribution in [1.29, 1.82) is 0 Å². The molecule has 132 valence electrons. The number of fused-ring (bicyclic) bond motifs is 1. The molecule has 1 saturated heterocycles. The van der Waals surface area contributed by atoms with Crippen LogP contribution >= 0.6 is 0 Å². The van der Waals surface area contributed by atoms with E-state index in [0.29, 0.717) is 18.5 Å². The molecule has 0 spiro atoms. The highest BCUT2D eigenvalue weighted by molar-refractivity contribution is 5.80. The topological polar surface area (TPSA) is 46.1 Å². The molecule has 0 N–H and O–H groups in total. The van der Waals surface area contributed by atoms with Gasteiger partial charge in [0.2, 0.25) is 5.91 Å². The number of amides is 1. The van der Waals surface area contributed by atoms with Gasteiger partial charge in [-0.15, -0.1) is 0 Å². The maximum absolute atomic E-state index is 13.3. The standard InChI is InChI=1S/C17H22F3N3O/c1-9-4-5-10(2)23(9)16(24)12-6-7-14-13(8-12)15(17(18,19)20)22-11(3)21-14/h9-10,12H,4-8H2,1-3H3/t9-,10+,12-/m1/s1. The predicted molar refractivity (Wildman–Crippen MR) is 82.3 cm³/mol. The summed E-state index contributed by atoms with van der Waals surface area (Å²) in [5, 5.41) is 0. The Bertz CT molecular complexity index is 649. The number of alkyl halides is 3. The largest absolute Gasteiger partial charge is 0.433 e. The third-order valence-electron chi connectivity index (χ3n) is 5.21. The molecule has 0 radical (unpaired) electrons. The molecule has 2 heterocycles. The molecule has 4 nitrogen and oxygen atoms in total. The van der Waals surface area contributed by atoms with Crippen LogP contribution in [0.4, 0.5) is 13.2 Å². The van der Waals surface area contributed by atoms with E-state index < -0.39 is 17.8 Å². The lowest BCUT2D eigenvalue weighted by Crippen LogP contribution is -2.44. The van der Waals surface area contributed by atoms with E-state index in [0.717, 1.165) is 12.8 Å². The molecule has 1 fully saturated rings. The molecule has 1 aromatic rings. The van der Waals surface area contributed by atoms with Crippen LogP contribution in [0.15, 0.2) is 0 Å². The molecule has 3 rings (SSSR count). The Balaban J connectivity index is 1.90. The van der Waals surface area contributed by atoms with Gasteiger partial charge in [0.15, 0.2) is 5.69 Å². The van der Waals surface area contributed by atoms with Gasteiger partial charge in [-0.2, -0.15) is 13.2 Å². The molecule has 1 aliphatic heterocycles. The fourth-order valence-corrected chi connectivity index (χ4v) is 4.02. The van der Waals surface area contributed by atoms with Crippen molar-refractivity contribution in [2.45, 2.75) is 71.1 Å². The zero-order chi connectivity index (χ0) is 17.6. The molecular weight excluding hydrogens is 319 g/mol. The summed E-state index contributed by atoms with van der Waals surface area (Å²) in [5.74, 6) is -0.299. The fourth-order valence-electron chi connectivity index (χ4n) is 4.02. The maximum Gasteiger partial charge on any atom is 0.433 e. The van der Waals surface area contributed by atoms with Gasteiger partial charge in [-0.25, -0.2) is 9.97 Å². The average molecular weight is 341 g/mol. The van der Waals surface area contributed by atoms with Crippen molar-refractivity contribution in [2.75, 3.05) is 0 Å². The van der Waals surface area contributed by atoms with Gasteiger partial charge in [-0.3, -0.25) is 4.79 Å². The van der Waals surface area contributed by atoms with Crippen LogP contribution in [-0.2, 0) is 23.8 Å². The zero-order valence-electron chi connectivity index (χ0n) is 14.2. The van der Waals surface area contributed by atoms with Gasteiger partial charge in [0.05, 0.1) is 0 Å². The number of hydrogen-bond donors (Lipinski definition) is 0. The first-order valence-corrected chi connectivity index (χ1v) is 8.44. The number of hydrogen-bond acceptors (Lipinski definition) is 3. The Labute approximate surface area is 139 Å². The Morgan fingerprint density at radius 3 is 2.33 bits per heavy atom. The van der Waals surface area contributed by atoms with Crippen LogP contribution < -0.4 is 0 Å². The van der Waals surface area contributed by atoms with Crippen LogP contribution in [0.1, 0.15) is 55.9 Å². The Hall–Kier alpha value is -1.66. The average Bonchev–Trinajstić information content (AvgIpc) is 2.83. The van der Waals surface area contributed by atoms with E-state index in [4.69, 9.17) is 0 Å². The van der Waals surface area contributed by atoms with Crippen molar-refractivity contribution in [2.24, 2.45) is 5.92 Å². The minimum Gasteiger partial charge on any atom is -0.337 e. The van der Waals surface area contributed by atoms with Gasteiger partial charge in [0.25, 0.3) is 0 Å². The molecule has 2 aliphatic rings. The lowest BCUT2D eigenvalue weighted by molar-refractivity contribution is -0.144. The maximum atomic E-state index is 13.3. The number of carbonyl (C=O) groups is 1. The Morgan fingerprint density at radius 1 is 1.12 bits per heavy atom. The highest BCUT2D eigenvalue weighted by atomic mass is 19.4. The summed E-state index contributed by atoms with van der Waals surface area (Å²) in [7, 11) is 0. The predicted octanol–water partition coefficient (Wildman–Crippen LogP) is 3.31. The quantitative estimate of drug-likeness (QED) is 0.787. The lowest BCUT2D eigenvalue weighted by Gasteiger charge is -2.33. The first-order chi connectivity index (χ1) is 11.2. The van der Waals surface area contributed by atoms with Crippen molar-refractivity contribution < 1.29 is 18.0 Å². The molecule has 1 amide bonds. The molecule has 1 aliphatic carbocycles. The third-order valence-corrected chi connectivity index (χ3v) is 5.21. The number of nitrogens with zero attached hydrogens (tertiary/aromatic N) is 3. The minimum absolute atomic E-state index is 0.0214. The van der Waals surface area contributed by atoms with E-state index in [-0.39, 0.29) is 35.8 Å². The van der Waals surface area contributed by atoms with Crippen molar-refractivity contribution in [1.82, 2.24) is 14.9 Å². The Kier molecular flexibility index (Phi) is 4.30. The molecule has 0 aromatic carbocycles.